The molecule has 7 heteroatoms. The lowest BCUT2D eigenvalue weighted by Gasteiger charge is -2.12. The van der Waals surface area contributed by atoms with Crippen LogP contribution in [-0.2, 0) is 16.1 Å². The summed E-state index contributed by atoms with van der Waals surface area (Å²) in [5.74, 6) is -0.386. The topological polar surface area (TPSA) is 88.4 Å². The number of hydrogen-bond donors (Lipinski definition) is 2. The van der Waals surface area contributed by atoms with E-state index in [1.54, 1.807) is 0 Å². The van der Waals surface area contributed by atoms with Gasteiger partial charge in [-0.05, 0) is 26.3 Å². The first-order chi connectivity index (χ1) is 9.49. The molecule has 0 fully saturated rings. The van der Waals surface area contributed by atoms with Gasteiger partial charge in [0.15, 0.2) is 0 Å². The lowest BCUT2D eigenvalue weighted by molar-refractivity contribution is -0.121. The van der Waals surface area contributed by atoms with E-state index < -0.39 is 0 Å². The standard InChI is InChI=1S/C13H19N5O2/c1-8-9(2)17-18(10(8)3)7-6-14-13(20)11-4-5-12(19)16-15-11/h4-7H2,1-3H3,(H,14,20)(H,16,19). The minimum absolute atomic E-state index is 0.153. The van der Waals surface area contributed by atoms with Crippen LogP contribution >= 0.6 is 0 Å². The number of nitrogens with one attached hydrogen (secondary N) is 2. The molecule has 2 heterocycles. The molecule has 0 saturated heterocycles. The zero-order chi connectivity index (χ0) is 14.7. The summed E-state index contributed by atoms with van der Waals surface area (Å²) in [7, 11) is 0. The lowest BCUT2D eigenvalue weighted by Crippen LogP contribution is -2.38. The lowest BCUT2D eigenvalue weighted by atomic mass is 10.1. The van der Waals surface area contributed by atoms with Crippen molar-refractivity contribution in [3.8, 4) is 0 Å². The van der Waals surface area contributed by atoms with Crippen molar-refractivity contribution < 1.29 is 9.59 Å². The molecule has 2 N–H and O–H groups in total. The highest BCUT2D eigenvalue weighted by Crippen LogP contribution is 2.10. The second-order valence-electron chi connectivity index (χ2n) is 4.87. The van der Waals surface area contributed by atoms with E-state index >= 15 is 0 Å². The number of aromatic nitrogens is 2. The van der Waals surface area contributed by atoms with Crippen molar-refractivity contribution in [3.05, 3.63) is 17.0 Å². The fourth-order valence-electron chi connectivity index (χ4n) is 2.02. The van der Waals surface area contributed by atoms with Gasteiger partial charge in [0.05, 0.1) is 12.2 Å². The summed E-state index contributed by atoms with van der Waals surface area (Å²) in [6.45, 7) is 7.11. The van der Waals surface area contributed by atoms with E-state index in [4.69, 9.17) is 0 Å². The first-order valence-corrected chi connectivity index (χ1v) is 6.63. The van der Waals surface area contributed by atoms with Gasteiger partial charge in [-0.25, -0.2) is 5.43 Å². The largest absolute Gasteiger partial charge is 0.349 e. The summed E-state index contributed by atoms with van der Waals surface area (Å²) >= 11 is 0. The number of carbonyl (C=O) groups excluding carboxylic acids is 2. The summed E-state index contributed by atoms with van der Waals surface area (Å²) in [4.78, 5) is 22.8. The fraction of sp³-hybridized carbons (Fsp3) is 0.538. The Bertz CT molecular complexity index is 574. The van der Waals surface area contributed by atoms with Crippen LogP contribution in [0.4, 0.5) is 0 Å². The molecule has 0 bridgehead atoms. The molecule has 0 spiro atoms. The average molecular weight is 277 g/mol. The minimum Gasteiger partial charge on any atom is -0.349 e. The van der Waals surface area contributed by atoms with Crippen LogP contribution in [0.25, 0.3) is 0 Å². The van der Waals surface area contributed by atoms with E-state index in [-0.39, 0.29) is 11.8 Å². The Morgan fingerprint density at radius 2 is 2.10 bits per heavy atom. The van der Waals surface area contributed by atoms with Crippen LogP contribution in [0.15, 0.2) is 5.10 Å². The van der Waals surface area contributed by atoms with Gasteiger partial charge >= 0.3 is 0 Å². The maximum Gasteiger partial charge on any atom is 0.267 e. The van der Waals surface area contributed by atoms with Crippen LogP contribution in [0.1, 0.15) is 29.8 Å². The molecule has 1 aromatic heterocycles. The molecule has 2 rings (SSSR count). The van der Waals surface area contributed by atoms with Gasteiger partial charge in [-0.1, -0.05) is 0 Å². The molecule has 7 nitrogen and oxygen atoms in total. The highest BCUT2D eigenvalue weighted by atomic mass is 16.2. The summed E-state index contributed by atoms with van der Waals surface area (Å²) in [5.41, 5.74) is 5.98. The van der Waals surface area contributed by atoms with Gasteiger partial charge in [0, 0.05) is 25.1 Å². The van der Waals surface area contributed by atoms with E-state index in [9.17, 15) is 9.59 Å². The van der Waals surface area contributed by atoms with Gasteiger partial charge in [0.25, 0.3) is 5.91 Å². The third-order valence-corrected chi connectivity index (χ3v) is 3.52. The first kappa shape index (κ1) is 14.2. The Kier molecular flexibility index (Phi) is 4.16. The Labute approximate surface area is 117 Å². The number of aryl methyl sites for hydroxylation is 1. The van der Waals surface area contributed by atoms with Crippen molar-refractivity contribution in [1.82, 2.24) is 20.5 Å². The molecule has 0 aliphatic carbocycles. The second kappa shape index (κ2) is 5.85. The summed E-state index contributed by atoms with van der Waals surface area (Å²) < 4.78 is 1.88. The second-order valence-corrected chi connectivity index (χ2v) is 4.87. The molecule has 0 atom stereocenters. The Morgan fingerprint density at radius 1 is 1.35 bits per heavy atom. The Hall–Kier alpha value is -2.18. The molecule has 20 heavy (non-hydrogen) atoms. The summed E-state index contributed by atoms with van der Waals surface area (Å²) in [6, 6.07) is 0. The zero-order valence-electron chi connectivity index (χ0n) is 12.0. The highest BCUT2D eigenvalue weighted by Gasteiger charge is 2.17. The van der Waals surface area contributed by atoms with E-state index in [0.717, 1.165) is 11.4 Å². The molecule has 2 amide bonds. The van der Waals surface area contributed by atoms with Crippen LogP contribution < -0.4 is 10.7 Å². The van der Waals surface area contributed by atoms with Gasteiger partial charge in [-0.2, -0.15) is 10.2 Å². The van der Waals surface area contributed by atoms with Crippen molar-refractivity contribution in [3.63, 3.8) is 0 Å². The fourth-order valence-corrected chi connectivity index (χ4v) is 2.02. The molecular formula is C13H19N5O2. The number of carbonyl (C=O) groups is 2. The van der Waals surface area contributed by atoms with Crippen molar-refractivity contribution in [2.75, 3.05) is 6.54 Å². The predicted octanol–water partition coefficient (Wildman–Crippen LogP) is 0.191. The average Bonchev–Trinajstić information content (AvgIpc) is 2.67. The third kappa shape index (κ3) is 3.04. The van der Waals surface area contributed by atoms with Crippen LogP contribution in [0.5, 0.6) is 0 Å². The van der Waals surface area contributed by atoms with E-state index in [2.05, 4.69) is 20.9 Å². The van der Waals surface area contributed by atoms with Crippen LogP contribution in [-0.4, -0.2) is 33.9 Å². The van der Waals surface area contributed by atoms with E-state index in [1.807, 2.05) is 25.5 Å². The molecule has 108 valence electrons. The number of hydrazone groups is 1. The van der Waals surface area contributed by atoms with Crippen molar-refractivity contribution >= 4 is 17.5 Å². The Balaban J connectivity index is 1.85. The van der Waals surface area contributed by atoms with Gasteiger partial charge < -0.3 is 5.32 Å². The first-order valence-electron chi connectivity index (χ1n) is 6.63. The van der Waals surface area contributed by atoms with Crippen LogP contribution in [0.2, 0.25) is 0 Å². The molecule has 1 aliphatic heterocycles. The predicted molar refractivity (Wildman–Crippen MR) is 74.3 cm³/mol. The minimum atomic E-state index is -0.233. The smallest absolute Gasteiger partial charge is 0.267 e. The quantitative estimate of drug-likeness (QED) is 0.823. The maximum absolute atomic E-state index is 11.8. The molecular weight excluding hydrogens is 258 g/mol. The summed E-state index contributed by atoms with van der Waals surface area (Å²) in [6.07, 6.45) is 0.694. The maximum atomic E-state index is 11.8. The molecule has 1 aliphatic rings. The molecule has 1 aromatic rings. The molecule has 0 aromatic carbocycles. The number of amides is 2. The molecule has 0 radical (unpaired) electrons. The Morgan fingerprint density at radius 3 is 2.65 bits per heavy atom. The SMILES string of the molecule is Cc1nn(CCNC(=O)C2=NNC(=O)CC2)c(C)c1C. The highest BCUT2D eigenvalue weighted by molar-refractivity contribution is 6.39. The van der Waals surface area contributed by atoms with E-state index in [1.165, 1.54) is 5.56 Å². The summed E-state index contributed by atoms with van der Waals surface area (Å²) in [5, 5.41) is 11.0. The van der Waals surface area contributed by atoms with Gasteiger partial charge in [-0.3, -0.25) is 14.3 Å². The van der Waals surface area contributed by atoms with E-state index in [0.29, 0.717) is 31.6 Å². The van der Waals surface area contributed by atoms with Gasteiger partial charge in [-0.15, -0.1) is 0 Å². The monoisotopic (exact) mass is 277 g/mol. The third-order valence-electron chi connectivity index (χ3n) is 3.52. The van der Waals surface area contributed by atoms with Crippen LogP contribution in [0, 0.1) is 20.8 Å². The van der Waals surface area contributed by atoms with Crippen molar-refractivity contribution in [2.45, 2.75) is 40.2 Å². The zero-order valence-corrected chi connectivity index (χ0v) is 12.0. The number of nitrogens with zero attached hydrogens (tertiary/aromatic N) is 3. The van der Waals surface area contributed by atoms with Crippen molar-refractivity contribution in [2.24, 2.45) is 5.10 Å². The molecule has 0 saturated carbocycles. The normalized spacial score (nSPS) is 14.8. The van der Waals surface area contributed by atoms with Gasteiger partial charge in [0.2, 0.25) is 5.91 Å². The van der Waals surface area contributed by atoms with Gasteiger partial charge in [0.1, 0.15) is 5.71 Å². The van der Waals surface area contributed by atoms with Crippen molar-refractivity contribution in [1.29, 1.82) is 0 Å². The molecule has 0 unspecified atom stereocenters. The van der Waals surface area contributed by atoms with Crippen LogP contribution in [0.3, 0.4) is 0 Å². The number of rotatable bonds is 4. The number of hydrogen-bond acceptors (Lipinski definition) is 4.